The molecule has 0 heterocycles. The molecule has 0 bridgehead atoms. The van der Waals surface area contributed by atoms with Crippen LogP contribution in [0.2, 0.25) is 0 Å². The van der Waals surface area contributed by atoms with E-state index in [2.05, 4.69) is 0 Å². The van der Waals surface area contributed by atoms with Gasteiger partial charge in [0.15, 0.2) is 11.6 Å². The third-order valence-electron chi connectivity index (χ3n) is 4.70. The van der Waals surface area contributed by atoms with Crippen LogP contribution in [0.3, 0.4) is 0 Å². The van der Waals surface area contributed by atoms with Crippen LogP contribution in [0, 0.1) is 6.92 Å². The van der Waals surface area contributed by atoms with Crippen LogP contribution in [0.25, 0.3) is 11.1 Å². The van der Waals surface area contributed by atoms with Crippen LogP contribution in [-0.4, -0.2) is 11.6 Å². The van der Waals surface area contributed by atoms with Gasteiger partial charge in [0, 0.05) is 11.1 Å². The van der Waals surface area contributed by atoms with Gasteiger partial charge in [0.1, 0.15) is 0 Å². The summed E-state index contributed by atoms with van der Waals surface area (Å²) in [5.74, 6) is -2.18. The van der Waals surface area contributed by atoms with Crippen molar-refractivity contribution in [3.05, 3.63) is 81.9 Å². The zero-order valence-corrected chi connectivity index (χ0v) is 16.3. The molecule has 1 aliphatic carbocycles. The molecule has 0 N–H and O–H groups in total. The van der Waals surface area contributed by atoms with Crippen molar-refractivity contribution in [3.8, 4) is 0 Å². The van der Waals surface area contributed by atoms with Crippen molar-refractivity contribution in [2.75, 3.05) is 0 Å². The minimum absolute atomic E-state index is 0.114. The van der Waals surface area contributed by atoms with E-state index in [9.17, 15) is 49.1 Å². The minimum Gasteiger partial charge on any atom is -0.289 e. The first kappa shape index (κ1) is 24.3. The summed E-state index contributed by atoms with van der Waals surface area (Å²) in [7, 11) is 0. The Bertz CT molecular complexity index is 1180. The first-order valence-corrected chi connectivity index (χ1v) is 8.98. The van der Waals surface area contributed by atoms with E-state index in [1.807, 2.05) is 0 Å². The van der Waals surface area contributed by atoms with Gasteiger partial charge in [-0.3, -0.25) is 9.59 Å². The van der Waals surface area contributed by atoms with Crippen LogP contribution in [0.15, 0.2) is 48.6 Å². The Kier molecular flexibility index (Phi) is 5.80. The summed E-state index contributed by atoms with van der Waals surface area (Å²) >= 11 is 0. The van der Waals surface area contributed by atoms with Crippen LogP contribution < -0.4 is 0 Å². The van der Waals surface area contributed by atoms with Crippen LogP contribution in [0.1, 0.15) is 33.4 Å². The maximum absolute atomic E-state index is 13.1. The predicted molar refractivity (Wildman–Crippen MR) is 98.6 cm³/mol. The molecule has 0 saturated heterocycles. The molecule has 0 amide bonds. The zero-order chi connectivity index (χ0) is 24.9. The number of carbonyl (C=O) groups is 2. The number of ketones is 2. The highest BCUT2D eigenvalue weighted by Gasteiger charge is 2.38. The molecule has 2 aromatic rings. The third kappa shape index (κ3) is 5.18. The highest BCUT2D eigenvalue weighted by atomic mass is 19.4. The van der Waals surface area contributed by atoms with Crippen LogP contribution in [-0.2, 0) is 28.1 Å². The van der Waals surface area contributed by atoms with E-state index in [-0.39, 0.29) is 17.2 Å². The quantitative estimate of drug-likeness (QED) is 0.357. The number of hydrogen-bond donors (Lipinski definition) is 0. The van der Waals surface area contributed by atoms with Gasteiger partial charge >= 0.3 is 18.5 Å². The average Bonchev–Trinajstić information content (AvgIpc) is 2.66. The van der Waals surface area contributed by atoms with Gasteiger partial charge in [-0.2, -0.15) is 39.5 Å². The lowest BCUT2D eigenvalue weighted by molar-refractivity contribution is -0.143. The van der Waals surface area contributed by atoms with Gasteiger partial charge in [-0.1, -0.05) is 6.07 Å². The minimum atomic E-state index is -5.17. The van der Waals surface area contributed by atoms with Gasteiger partial charge in [-0.15, -0.1) is 0 Å². The molecule has 0 spiro atoms. The maximum atomic E-state index is 13.1. The SMILES string of the molecule is Cc1cc(C2=CC(=O)C(c3cc(C(F)(F)F)cc(C(F)(F)F)c3)=CC2=O)cc(C(F)(F)F)c1. The van der Waals surface area contributed by atoms with Gasteiger partial charge < -0.3 is 0 Å². The van der Waals surface area contributed by atoms with Crippen LogP contribution in [0.5, 0.6) is 0 Å². The molecule has 0 radical (unpaired) electrons. The summed E-state index contributed by atoms with van der Waals surface area (Å²) in [6.07, 6.45) is -14.0. The number of rotatable bonds is 2. The number of allylic oxidation sites excluding steroid dienone is 4. The second-order valence-electron chi connectivity index (χ2n) is 7.22. The van der Waals surface area contributed by atoms with E-state index in [0.717, 1.165) is 6.07 Å². The van der Waals surface area contributed by atoms with Crippen LogP contribution >= 0.6 is 0 Å². The summed E-state index contributed by atoms with van der Waals surface area (Å²) in [6, 6.07) is 3.07. The first-order chi connectivity index (χ1) is 15.0. The summed E-state index contributed by atoms with van der Waals surface area (Å²) in [5.41, 5.74) is -6.63. The fourth-order valence-corrected chi connectivity index (χ4v) is 3.22. The van der Waals surface area contributed by atoms with E-state index in [1.54, 1.807) is 0 Å². The number of halogens is 9. The molecule has 2 aromatic carbocycles. The molecule has 0 aliphatic heterocycles. The van der Waals surface area contributed by atoms with Crippen molar-refractivity contribution in [2.45, 2.75) is 25.5 Å². The summed E-state index contributed by atoms with van der Waals surface area (Å²) in [5, 5.41) is 0. The highest BCUT2D eigenvalue weighted by molar-refractivity contribution is 6.43. The zero-order valence-electron chi connectivity index (χ0n) is 16.3. The van der Waals surface area contributed by atoms with Crippen molar-refractivity contribution in [1.29, 1.82) is 0 Å². The monoisotopic (exact) mass is 478 g/mol. The molecule has 0 fully saturated rings. The fraction of sp³-hybridized carbons (Fsp3) is 0.182. The van der Waals surface area contributed by atoms with Crippen molar-refractivity contribution in [2.24, 2.45) is 0 Å². The molecule has 0 aromatic heterocycles. The topological polar surface area (TPSA) is 34.1 Å². The van der Waals surface area contributed by atoms with Crippen molar-refractivity contribution >= 4 is 22.7 Å². The Balaban J connectivity index is 2.10. The normalized spacial score (nSPS) is 15.5. The van der Waals surface area contributed by atoms with Crippen molar-refractivity contribution < 1.29 is 49.1 Å². The number of hydrogen-bond acceptors (Lipinski definition) is 2. The Morgan fingerprint density at radius 3 is 1.21 bits per heavy atom. The highest BCUT2D eigenvalue weighted by Crippen LogP contribution is 2.39. The first-order valence-electron chi connectivity index (χ1n) is 8.98. The number of alkyl halides is 9. The molecule has 11 heteroatoms. The van der Waals surface area contributed by atoms with Gasteiger partial charge in [-0.25, -0.2) is 0 Å². The van der Waals surface area contributed by atoms with Gasteiger partial charge in [0.2, 0.25) is 0 Å². The molecule has 2 nitrogen and oxygen atoms in total. The number of benzene rings is 2. The molecule has 174 valence electrons. The Labute approximate surface area is 180 Å². The standard InChI is InChI=1S/C22H11F9O2/c1-10-2-11(4-13(3-10)20(23,24)25)16-8-19(33)17(9-18(16)32)12-5-14(21(26,27)28)7-15(6-12)22(29,30)31/h2-9H,1H3. The van der Waals surface area contributed by atoms with Crippen molar-refractivity contribution in [1.82, 2.24) is 0 Å². The average molecular weight is 478 g/mol. The lowest BCUT2D eigenvalue weighted by Crippen LogP contribution is -2.16. The summed E-state index contributed by atoms with van der Waals surface area (Å²) in [6.45, 7) is 1.32. The molecule has 3 rings (SSSR count). The summed E-state index contributed by atoms with van der Waals surface area (Å²) in [4.78, 5) is 25.1. The fourth-order valence-electron chi connectivity index (χ4n) is 3.22. The molecular formula is C22H11F9O2. The maximum Gasteiger partial charge on any atom is 0.416 e. The number of aryl methyl sites for hydroxylation is 1. The third-order valence-corrected chi connectivity index (χ3v) is 4.70. The lowest BCUT2D eigenvalue weighted by atomic mass is 9.87. The summed E-state index contributed by atoms with van der Waals surface area (Å²) < 4.78 is 118. The molecule has 0 unspecified atom stereocenters. The van der Waals surface area contributed by atoms with E-state index >= 15 is 0 Å². The van der Waals surface area contributed by atoms with Crippen molar-refractivity contribution in [3.63, 3.8) is 0 Å². The molecule has 33 heavy (non-hydrogen) atoms. The Morgan fingerprint density at radius 2 is 0.848 bits per heavy atom. The lowest BCUT2D eigenvalue weighted by Gasteiger charge is -2.18. The van der Waals surface area contributed by atoms with E-state index in [1.165, 1.54) is 13.0 Å². The number of carbonyl (C=O) groups excluding carboxylic acids is 2. The molecule has 0 atom stereocenters. The molecular weight excluding hydrogens is 467 g/mol. The Morgan fingerprint density at radius 1 is 0.515 bits per heavy atom. The van der Waals surface area contributed by atoms with Gasteiger partial charge in [0.05, 0.1) is 16.7 Å². The van der Waals surface area contributed by atoms with E-state index in [0.29, 0.717) is 30.4 Å². The largest absolute Gasteiger partial charge is 0.416 e. The second kappa shape index (κ2) is 7.89. The van der Waals surface area contributed by atoms with Crippen LogP contribution in [0.4, 0.5) is 39.5 Å². The van der Waals surface area contributed by atoms with E-state index < -0.39 is 63.5 Å². The smallest absolute Gasteiger partial charge is 0.289 e. The van der Waals surface area contributed by atoms with Gasteiger partial charge in [0.25, 0.3) is 0 Å². The second-order valence-corrected chi connectivity index (χ2v) is 7.22. The van der Waals surface area contributed by atoms with Gasteiger partial charge in [-0.05, 0) is 66.1 Å². The van der Waals surface area contributed by atoms with E-state index in [4.69, 9.17) is 0 Å². The Hall–Kier alpha value is -3.37. The predicted octanol–water partition coefficient (Wildman–Crippen LogP) is 6.67. The molecule has 0 saturated carbocycles. The molecule has 1 aliphatic rings.